The van der Waals surface area contributed by atoms with Crippen LogP contribution in [-0.4, -0.2) is 32.8 Å². The van der Waals surface area contributed by atoms with Gasteiger partial charge in [-0.25, -0.2) is 4.68 Å². The van der Waals surface area contributed by atoms with Crippen molar-refractivity contribution in [3.63, 3.8) is 0 Å². The Balaban J connectivity index is 2.53. The van der Waals surface area contributed by atoms with E-state index in [4.69, 9.17) is 40.7 Å². The van der Waals surface area contributed by atoms with Crippen molar-refractivity contribution in [2.24, 2.45) is 5.92 Å². The molecule has 128 valence electrons. The van der Waals surface area contributed by atoms with Crippen LogP contribution in [0.3, 0.4) is 0 Å². The lowest BCUT2D eigenvalue weighted by Gasteiger charge is -2.12. The summed E-state index contributed by atoms with van der Waals surface area (Å²) in [5, 5.41) is 14.6. The van der Waals surface area contributed by atoms with E-state index < -0.39 is 0 Å². The van der Waals surface area contributed by atoms with Crippen LogP contribution in [0.1, 0.15) is 13.8 Å². The minimum absolute atomic E-state index is 0.301. The second kappa shape index (κ2) is 8.13. The van der Waals surface area contributed by atoms with Crippen molar-refractivity contribution in [3.8, 4) is 17.5 Å². The Morgan fingerprint density at radius 2 is 2.08 bits per heavy atom. The predicted octanol–water partition coefficient (Wildman–Crippen LogP) is 4.46. The number of hydrogen-bond donors (Lipinski definition) is 0. The van der Waals surface area contributed by atoms with Crippen molar-refractivity contribution >= 4 is 35.4 Å². The summed E-state index contributed by atoms with van der Waals surface area (Å²) in [5.74, 6) is 1.11. The van der Waals surface area contributed by atoms with E-state index in [1.165, 1.54) is 0 Å². The lowest BCUT2D eigenvalue weighted by atomic mass is 10.2. The van der Waals surface area contributed by atoms with Gasteiger partial charge in [-0.15, -0.1) is 0 Å². The zero-order valence-electron chi connectivity index (χ0n) is 13.8. The van der Waals surface area contributed by atoms with Crippen molar-refractivity contribution < 1.29 is 0 Å². The molecular formula is C16H19Cl2N5S. The van der Waals surface area contributed by atoms with Crippen LogP contribution < -0.4 is 0 Å². The molecule has 0 aliphatic heterocycles. The molecular weight excluding hydrogens is 365 g/mol. The first-order chi connectivity index (χ1) is 11.3. The Morgan fingerprint density at radius 1 is 1.38 bits per heavy atom. The molecule has 0 unspecified atom stereocenters. The summed E-state index contributed by atoms with van der Waals surface area (Å²) >= 11 is 17.9. The molecule has 0 bridgehead atoms. The highest BCUT2D eigenvalue weighted by molar-refractivity contribution is 7.71. The van der Waals surface area contributed by atoms with Crippen LogP contribution in [0, 0.1) is 22.0 Å². The second-order valence-electron chi connectivity index (χ2n) is 6.05. The quantitative estimate of drug-likeness (QED) is 0.545. The number of nitrogens with zero attached hydrogens (tertiary/aromatic N) is 5. The van der Waals surface area contributed by atoms with Crippen molar-refractivity contribution in [1.29, 1.82) is 5.26 Å². The molecule has 0 aliphatic rings. The molecule has 0 spiro atoms. The number of nitriles is 1. The van der Waals surface area contributed by atoms with E-state index in [0.717, 1.165) is 12.1 Å². The Morgan fingerprint density at radius 3 is 2.67 bits per heavy atom. The normalized spacial score (nSPS) is 11.2. The van der Waals surface area contributed by atoms with Gasteiger partial charge in [0.1, 0.15) is 0 Å². The lowest BCUT2D eigenvalue weighted by molar-refractivity contribution is 0.279. The maximum Gasteiger partial charge on any atom is 0.199 e. The van der Waals surface area contributed by atoms with E-state index >= 15 is 0 Å². The SMILES string of the molecule is CC(C)Cn1c(-c2ccc(Cl)cc2Cl)nn(CN(C)CC#N)c1=S. The predicted molar refractivity (Wildman–Crippen MR) is 99.6 cm³/mol. The van der Waals surface area contributed by atoms with Gasteiger partial charge in [0.05, 0.1) is 24.3 Å². The van der Waals surface area contributed by atoms with Crippen LogP contribution >= 0.6 is 35.4 Å². The number of hydrogen-bond acceptors (Lipinski definition) is 4. The molecule has 5 nitrogen and oxygen atoms in total. The lowest BCUT2D eigenvalue weighted by Crippen LogP contribution is -2.23. The standard InChI is InChI=1S/C16H19Cl2N5S/c1-11(2)9-22-15(13-5-4-12(17)8-14(13)18)20-23(16(22)24)10-21(3)7-6-19/h4-5,8,11H,7,9-10H2,1-3H3. The van der Waals surface area contributed by atoms with Gasteiger partial charge in [-0.2, -0.15) is 10.4 Å². The minimum atomic E-state index is 0.301. The number of aromatic nitrogens is 3. The third kappa shape index (κ3) is 4.37. The highest BCUT2D eigenvalue weighted by atomic mass is 35.5. The molecule has 0 aliphatic carbocycles. The van der Waals surface area contributed by atoms with E-state index in [1.807, 2.05) is 22.6 Å². The molecule has 1 heterocycles. The molecule has 0 radical (unpaired) electrons. The Labute approximate surface area is 157 Å². The van der Waals surface area contributed by atoms with E-state index in [-0.39, 0.29) is 0 Å². The molecule has 2 aromatic rings. The first kappa shape index (κ1) is 18.9. The molecule has 2 rings (SSSR count). The van der Waals surface area contributed by atoms with E-state index in [2.05, 4.69) is 25.0 Å². The van der Waals surface area contributed by atoms with Crippen LogP contribution in [0.5, 0.6) is 0 Å². The van der Waals surface area contributed by atoms with Crippen molar-refractivity contribution in [2.45, 2.75) is 27.1 Å². The summed E-state index contributed by atoms with van der Waals surface area (Å²) in [6, 6.07) is 7.45. The third-order valence-corrected chi connectivity index (χ3v) is 4.34. The van der Waals surface area contributed by atoms with Gasteiger partial charge in [0, 0.05) is 17.1 Å². The van der Waals surface area contributed by atoms with Gasteiger partial charge in [-0.1, -0.05) is 37.0 Å². The van der Waals surface area contributed by atoms with Gasteiger partial charge in [-0.05, 0) is 43.4 Å². The van der Waals surface area contributed by atoms with Crippen LogP contribution in [0.25, 0.3) is 11.4 Å². The van der Waals surface area contributed by atoms with E-state index in [0.29, 0.717) is 39.8 Å². The number of halogens is 2. The smallest absolute Gasteiger partial charge is 0.199 e. The molecule has 0 amide bonds. The fourth-order valence-electron chi connectivity index (χ4n) is 2.33. The average Bonchev–Trinajstić information content (AvgIpc) is 2.76. The van der Waals surface area contributed by atoms with E-state index in [9.17, 15) is 0 Å². The maximum absolute atomic E-state index is 8.82. The topological polar surface area (TPSA) is 49.8 Å². The Bertz CT molecular complexity index is 819. The monoisotopic (exact) mass is 383 g/mol. The summed E-state index contributed by atoms with van der Waals surface area (Å²) in [6.45, 7) is 5.71. The zero-order valence-corrected chi connectivity index (χ0v) is 16.2. The molecule has 0 atom stereocenters. The van der Waals surface area contributed by atoms with Crippen LogP contribution in [0.4, 0.5) is 0 Å². The van der Waals surface area contributed by atoms with Gasteiger partial charge in [0.25, 0.3) is 0 Å². The highest BCUT2D eigenvalue weighted by Crippen LogP contribution is 2.30. The van der Waals surface area contributed by atoms with Gasteiger partial charge < -0.3 is 0 Å². The highest BCUT2D eigenvalue weighted by Gasteiger charge is 2.17. The van der Waals surface area contributed by atoms with Crippen molar-refractivity contribution in [2.75, 3.05) is 13.6 Å². The van der Waals surface area contributed by atoms with Gasteiger partial charge in [0.15, 0.2) is 10.6 Å². The van der Waals surface area contributed by atoms with Crippen molar-refractivity contribution in [1.82, 2.24) is 19.2 Å². The van der Waals surface area contributed by atoms with Gasteiger partial charge >= 0.3 is 0 Å². The molecule has 24 heavy (non-hydrogen) atoms. The van der Waals surface area contributed by atoms with Crippen molar-refractivity contribution in [3.05, 3.63) is 33.0 Å². The third-order valence-electron chi connectivity index (χ3n) is 3.36. The first-order valence-electron chi connectivity index (χ1n) is 7.52. The van der Waals surface area contributed by atoms with Gasteiger partial charge in [-0.3, -0.25) is 9.47 Å². The molecule has 0 saturated heterocycles. The second-order valence-corrected chi connectivity index (χ2v) is 7.26. The molecule has 0 N–H and O–H groups in total. The fourth-order valence-corrected chi connectivity index (χ4v) is 3.08. The van der Waals surface area contributed by atoms with Crippen LogP contribution in [0.15, 0.2) is 18.2 Å². The average molecular weight is 384 g/mol. The Hall–Kier alpha value is -1.39. The number of benzene rings is 1. The summed E-state index contributed by atoms with van der Waals surface area (Å²) in [7, 11) is 1.85. The maximum atomic E-state index is 8.82. The number of rotatable bonds is 6. The van der Waals surface area contributed by atoms with Gasteiger partial charge in [0.2, 0.25) is 0 Å². The molecule has 8 heteroatoms. The minimum Gasteiger partial charge on any atom is -0.300 e. The van der Waals surface area contributed by atoms with Crippen LogP contribution in [0.2, 0.25) is 10.0 Å². The van der Waals surface area contributed by atoms with E-state index in [1.54, 1.807) is 16.8 Å². The fraction of sp³-hybridized carbons (Fsp3) is 0.438. The zero-order chi connectivity index (χ0) is 17.9. The summed E-state index contributed by atoms with van der Waals surface area (Å²) in [4.78, 5) is 1.84. The summed E-state index contributed by atoms with van der Waals surface area (Å²) in [5.41, 5.74) is 0.787. The van der Waals surface area contributed by atoms with Crippen LogP contribution in [-0.2, 0) is 13.2 Å². The molecule has 0 saturated carbocycles. The summed E-state index contributed by atoms with van der Waals surface area (Å²) < 4.78 is 4.31. The molecule has 1 aromatic carbocycles. The Kier molecular flexibility index (Phi) is 6.41. The largest absolute Gasteiger partial charge is 0.300 e. The molecule has 0 fully saturated rings. The summed E-state index contributed by atoms with van der Waals surface area (Å²) in [6.07, 6.45) is 0. The molecule has 1 aromatic heterocycles. The first-order valence-corrected chi connectivity index (χ1v) is 8.68.